The SMILES string of the molecule is O=C(Cn1ccc(Br)n1)NC1CC1. The number of nitrogens with zero attached hydrogens (tertiary/aromatic N) is 2. The maximum Gasteiger partial charge on any atom is 0.241 e. The van der Waals surface area contributed by atoms with Gasteiger partial charge in [-0.3, -0.25) is 9.48 Å². The topological polar surface area (TPSA) is 46.9 Å². The lowest BCUT2D eigenvalue weighted by Gasteiger charge is -2.02. The molecule has 0 spiro atoms. The summed E-state index contributed by atoms with van der Waals surface area (Å²) >= 11 is 3.22. The van der Waals surface area contributed by atoms with E-state index in [2.05, 4.69) is 26.3 Å². The molecule has 1 amide bonds. The minimum atomic E-state index is 0.0399. The summed E-state index contributed by atoms with van der Waals surface area (Å²) in [5.74, 6) is 0.0399. The smallest absolute Gasteiger partial charge is 0.241 e. The van der Waals surface area contributed by atoms with Gasteiger partial charge in [0.05, 0.1) is 0 Å². The van der Waals surface area contributed by atoms with Gasteiger partial charge in [0.15, 0.2) is 0 Å². The Labute approximate surface area is 84.4 Å². The molecule has 1 saturated carbocycles. The molecule has 0 bridgehead atoms. The molecule has 1 N–H and O–H groups in total. The standard InChI is InChI=1S/C8H10BrN3O/c9-7-3-4-12(11-7)5-8(13)10-6-1-2-6/h3-4,6H,1-2,5H2,(H,10,13). The van der Waals surface area contributed by atoms with Gasteiger partial charge in [0.25, 0.3) is 0 Å². The Morgan fingerprint density at radius 2 is 2.54 bits per heavy atom. The molecule has 1 heterocycles. The van der Waals surface area contributed by atoms with Gasteiger partial charge in [-0.15, -0.1) is 0 Å². The van der Waals surface area contributed by atoms with Crippen molar-refractivity contribution in [3.8, 4) is 0 Å². The van der Waals surface area contributed by atoms with Gasteiger partial charge >= 0.3 is 0 Å². The maximum atomic E-state index is 11.3. The summed E-state index contributed by atoms with van der Waals surface area (Å²) in [7, 11) is 0. The number of halogens is 1. The number of aromatic nitrogens is 2. The summed E-state index contributed by atoms with van der Waals surface area (Å²) in [6.07, 6.45) is 4.01. The summed E-state index contributed by atoms with van der Waals surface area (Å²) in [4.78, 5) is 11.3. The Morgan fingerprint density at radius 3 is 3.08 bits per heavy atom. The molecule has 0 aliphatic heterocycles. The fourth-order valence-corrected chi connectivity index (χ4v) is 1.40. The molecular formula is C8H10BrN3O. The first-order valence-electron chi connectivity index (χ1n) is 4.22. The molecule has 0 saturated heterocycles. The summed E-state index contributed by atoms with van der Waals surface area (Å²) in [6, 6.07) is 2.23. The zero-order valence-corrected chi connectivity index (χ0v) is 8.62. The van der Waals surface area contributed by atoms with Crippen molar-refractivity contribution in [1.82, 2.24) is 15.1 Å². The van der Waals surface area contributed by atoms with E-state index in [0.717, 1.165) is 17.4 Å². The lowest BCUT2D eigenvalue weighted by Crippen LogP contribution is -2.29. The van der Waals surface area contributed by atoms with Crippen LogP contribution in [-0.2, 0) is 11.3 Å². The molecule has 1 fully saturated rings. The van der Waals surface area contributed by atoms with Gasteiger partial charge in [-0.1, -0.05) is 0 Å². The number of carbonyl (C=O) groups is 1. The zero-order valence-electron chi connectivity index (χ0n) is 7.03. The first-order chi connectivity index (χ1) is 6.24. The molecule has 0 radical (unpaired) electrons. The zero-order chi connectivity index (χ0) is 9.26. The van der Waals surface area contributed by atoms with Crippen LogP contribution in [-0.4, -0.2) is 21.7 Å². The monoisotopic (exact) mass is 243 g/mol. The van der Waals surface area contributed by atoms with Crippen LogP contribution in [0.4, 0.5) is 0 Å². The minimum absolute atomic E-state index is 0.0399. The van der Waals surface area contributed by atoms with Crippen molar-refractivity contribution in [2.75, 3.05) is 0 Å². The lowest BCUT2D eigenvalue weighted by molar-refractivity contribution is -0.122. The quantitative estimate of drug-likeness (QED) is 0.859. The van der Waals surface area contributed by atoms with Gasteiger partial charge in [-0.2, -0.15) is 5.10 Å². The number of rotatable bonds is 3. The third kappa shape index (κ3) is 2.55. The van der Waals surface area contributed by atoms with Crippen LogP contribution in [0.3, 0.4) is 0 Å². The van der Waals surface area contributed by atoms with Crippen LogP contribution in [0.25, 0.3) is 0 Å². The van der Waals surface area contributed by atoms with E-state index in [4.69, 9.17) is 0 Å². The molecule has 70 valence electrons. The Bertz CT molecular complexity index is 319. The maximum absolute atomic E-state index is 11.3. The highest BCUT2D eigenvalue weighted by Gasteiger charge is 2.23. The van der Waals surface area contributed by atoms with Crippen molar-refractivity contribution in [1.29, 1.82) is 0 Å². The predicted octanol–water partition coefficient (Wildman–Crippen LogP) is 0.924. The Balaban J connectivity index is 1.85. The Morgan fingerprint density at radius 1 is 1.77 bits per heavy atom. The van der Waals surface area contributed by atoms with E-state index >= 15 is 0 Å². The number of nitrogens with one attached hydrogen (secondary N) is 1. The summed E-state index contributed by atoms with van der Waals surface area (Å²) < 4.78 is 2.37. The highest BCUT2D eigenvalue weighted by atomic mass is 79.9. The second kappa shape index (κ2) is 3.49. The van der Waals surface area contributed by atoms with Crippen LogP contribution in [0.2, 0.25) is 0 Å². The van der Waals surface area contributed by atoms with E-state index in [1.165, 1.54) is 0 Å². The van der Waals surface area contributed by atoms with Crippen molar-refractivity contribution in [3.05, 3.63) is 16.9 Å². The summed E-state index contributed by atoms with van der Waals surface area (Å²) in [5.41, 5.74) is 0. The van der Waals surface area contributed by atoms with Gasteiger partial charge in [0.1, 0.15) is 11.1 Å². The van der Waals surface area contributed by atoms with E-state index in [1.54, 1.807) is 10.9 Å². The molecule has 4 nitrogen and oxygen atoms in total. The van der Waals surface area contributed by atoms with Gasteiger partial charge in [0, 0.05) is 12.2 Å². The molecule has 0 unspecified atom stereocenters. The van der Waals surface area contributed by atoms with Crippen LogP contribution >= 0.6 is 15.9 Å². The molecule has 1 aromatic rings. The summed E-state index contributed by atoms with van der Waals surface area (Å²) in [6.45, 7) is 0.308. The van der Waals surface area contributed by atoms with Gasteiger partial charge in [0.2, 0.25) is 5.91 Å². The van der Waals surface area contributed by atoms with Crippen molar-refractivity contribution in [2.45, 2.75) is 25.4 Å². The van der Waals surface area contributed by atoms with E-state index in [1.807, 2.05) is 6.07 Å². The minimum Gasteiger partial charge on any atom is -0.352 e. The number of hydrogen-bond donors (Lipinski definition) is 1. The average Bonchev–Trinajstić information content (AvgIpc) is 2.76. The van der Waals surface area contributed by atoms with Crippen molar-refractivity contribution in [3.63, 3.8) is 0 Å². The second-order valence-corrected chi connectivity index (χ2v) is 3.99. The second-order valence-electron chi connectivity index (χ2n) is 3.18. The molecule has 2 rings (SSSR count). The average molecular weight is 244 g/mol. The summed E-state index contributed by atoms with van der Waals surface area (Å²) in [5, 5.41) is 6.95. The van der Waals surface area contributed by atoms with Gasteiger partial charge in [-0.25, -0.2) is 0 Å². The van der Waals surface area contributed by atoms with Crippen LogP contribution in [0, 0.1) is 0 Å². The van der Waals surface area contributed by atoms with Crippen molar-refractivity contribution in [2.24, 2.45) is 0 Å². The first-order valence-corrected chi connectivity index (χ1v) is 5.01. The third-order valence-corrected chi connectivity index (χ3v) is 2.28. The normalized spacial score (nSPS) is 15.8. The largest absolute Gasteiger partial charge is 0.352 e. The van der Waals surface area contributed by atoms with E-state index in [-0.39, 0.29) is 5.91 Å². The van der Waals surface area contributed by atoms with Gasteiger partial charge in [-0.05, 0) is 34.8 Å². The predicted molar refractivity (Wildman–Crippen MR) is 51.1 cm³/mol. The Hall–Kier alpha value is -0.840. The fraction of sp³-hybridized carbons (Fsp3) is 0.500. The lowest BCUT2D eigenvalue weighted by atomic mass is 10.5. The molecule has 1 aromatic heterocycles. The molecule has 5 heteroatoms. The fourth-order valence-electron chi connectivity index (χ4n) is 1.07. The molecular weight excluding hydrogens is 234 g/mol. The highest BCUT2D eigenvalue weighted by Crippen LogP contribution is 2.18. The van der Waals surface area contributed by atoms with Crippen LogP contribution in [0.5, 0.6) is 0 Å². The number of amides is 1. The molecule has 1 aliphatic carbocycles. The molecule has 1 aliphatic rings. The van der Waals surface area contributed by atoms with Crippen LogP contribution in [0.15, 0.2) is 16.9 Å². The van der Waals surface area contributed by atoms with E-state index in [9.17, 15) is 4.79 Å². The molecule has 13 heavy (non-hydrogen) atoms. The van der Waals surface area contributed by atoms with E-state index < -0.39 is 0 Å². The van der Waals surface area contributed by atoms with E-state index in [0.29, 0.717) is 12.6 Å². The Kier molecular flexibility index (Phi) is 2.35. The van der Waals surface area contributed by atoms with Crippen molar-refractivity contribution < 1.29 is 4.79 Å². The number of hydrogen-bond acceptors (Lipinski definition) is 2. The molecule has 0 aromatic carbocycles. The van der Waals surface area contributed by atoms with Crippen LogP contribution < -0.4 is 5.32 Å². The van der Waals surface area contributed by atoms with Crippen LogP contribution in [0.1, 0.15) is 12.8 Å². The third-order valence-electron chi connectivity index (χ3n) is 1.86. The van der Waals surface area contributed by atoms with Crippen molar-refractivity contribution >= 4 is 21.8 Å². The highest BCUT2D eigenvalue weighted by molar-refractivity contribution is 9.10. The first kappa shape index (κ1) is 8.74. The van der Waals surface area contributed by atoms with Gasteiger partial charge < -0.3 is 5.32 Å². The molecule has 0 atom stereocenters. The number of carbonyl (C=O) groups excluding carboxylic acids is 1.